The molecule has 0 saturated heterocycles. The number of nitrogens with zero attached hydrogens (tertiary/aromatic N) is 1. The second-order valence-corrected chi connectivity index (χ2v) is 7.98. The van der Waals surface area contributed by atoms with Crippen LogP contribution in [0.15, 0.2) is 75.3 Å². The van der Waals surface area contributed by atoms with E-state index in [0.29, 0.717) is 30.2 Å². The average molecular weight is 481 g/mol. The van der Waals surface area contributed by atoms with Crippen LogP contribution in [0.25, 0.3) is 17.4 Å². The van der Waals surface area contributed by atoms with Crippen LogP contribution in [0.3, 0.4) is 0 Å². The predicted molar refractivity (Wildman–Crippen MR) is 126 cm³/mol. The van der Waals surface area contributed by atoms with Crippen LogP contribution in [-0.2, 0) is 4.79 Å². The Kier molecular flexibility index (Phi) is 7.47. The molecule has 5 nitrogen and oxygen atoms in total. The smallest absolute Gasteiger partial charge is 0.270 e. The van der Waals surface area contributed by atoms with Gasteiger partial charge in [0.2, 0.25) is 0 Å². The van der Waals surface area contributed by atoms with E-state index >= 15 is 0 Å². The summed E-state index contributed by atoms with van der Waals surface area (Å²) in [6, 6.07) is 18.6. The van der Waals surface area contributed by atoms with E-state index < -0.39 is 0 Å². The molecule has 2 aromatic carbocycles. The summed E-state index contributed by atoms with van der Waals surface area (Å²) in [7, 11) is 0. The summed E-state index contributed by atoms with van der Waals surface area (Å²) >= 11 is 3.42. The van der Waals surface area contributed by atoms with Gasteiger partial charge in [0, 0.05) is 34.8 Å². The number of hydrogen-bond donors (Lipinski definition) is 1. The van der Waals surface area contributed by atoms with Gasteiger partial charge in [0.05, 0.1) is 0 Å². The maximum Gasteiger partial charge on any atom is 0.270 e. The van der Waals surface area contributed by atoms with E-state index in [1.807, 2.05) is 63.2 Å². The van der Waals surface area contributed by atoms with Crippen LogP contribution < -0.4 is 5.32 Å². The van der Waals surface area contributed by atoms with Crippen LogP contribution in [-0.4, -0.2) is 29.8 Å². The van der Waals surface area contributed by atoms with Crippen molar-refractivity contribution in [3.05, 3.63) is 87.7 Å². The lowest BCUT2D eigenvalue weighted by Crippen LogP contribution is -2.38. The summed E-state index contributed by atoms with van der Waals surface area (Å²) in [6.45, 7) is 6.83. The minimum atomic E-state index is -0.341. The summed E-state index contributed by atoms with van der Waals surface area (Å²) in [5.74, 6) is 0.564. The van der Waals surface area contributed by atoms with Crippen molar-refractivity contribution in [2.24, 2.45) is 0 Å². The van der Waals surface area contributed by atoms with Gasteiger partial charge < -0.3 is 14.6 Å². The number of carbonyl (C=O) groups is 2. The second kappa shape index (κ2) is 10.3. The van der Waals surface area contributed by atoms with Gasteiger partial charge in [-0.25, -0.2) is 0 Å². The molecule has 1 N–H and O–H groups in total. The number of aryl methyl sites for hydroxylation is 1. The number of benzene rings is 2. The van der Waals surface area contributed by atoms with E-state index in [-0.39, 0.29) is 17.5 Å². The quantitative estimate of drug-likeness (QED) is 0.443. The molecule has 0 atom stereocenters. The number of rotatable bonds is 7. The highest BCUT2D eigenvalue weighted by Crippen LogP contribution is 2.25. The van der Waals surface area contributed by atoms with Crippen LogP contribution in [0.5, 0.6) is 0 Å². The number of hydrogen-bond acceptors (Lipinski definition) is 3. The molecular formula is C25H25BrN2O3. The van der Waals surface area contributed by atoms with Gasteiger partial charge in [0.25, 0.3) is 11.8 Å². The largest absolute Gasteiger partial charge is 0.457 e. The molecule has 0 fully saturated rings. The van der Waals surface area contributed by atoms with Crippen molar-refractivity contribution in [2.45, 2.75) is 20.8 Å². The molecule has 0 aliphatic carbocycles. The molecule has 1 aromatic heterocycles. The molecular weight excluding hydrogens is 456 g/mol. The zero-order valence-corrected chi connectivity index (χ0v) is 19.4. The Morgan fingerprint density at radius 2 is 1.61 bits per heavy atom. The van der Waals surface area contributed by atoms with Crippen molar-refractivity contribution in [3.8, 4) is 11.3 Å². The van der Waals surface area contributed by atoms with Gasteiger partial charge in [-0.05, 0) is 57.2 Å². The highest BCUT2D eigenvalue weighted by molar-refractivity contribution is 9.10. The predicted octanol–water partition coefficient (Wildman–Crippen LogP) is 5.66. The maximum atomic E-state index is 13.0. The molecule has 0 saturated carbocycles. The maximum absolute atomic E-state index is 13.0. The van der Waals surface area contributed by atoms with E-state index in [4.69, 9.17) is 4.42 Å². The Morgan fingerprint density at radius 1 is 0.968 bits per heavy atom. The fourth-order valence-electron chi connectivity index (χ4n) is 3.07. The summed E-state index contributed by atoms with van der Waals surface area (Å²) in [4.78, 5) is 27.5. The van der Waals surface area contributed by atoms with Crippen LogP contribution in [0.2, 0.25) is 0 Å². The number of nitrogens with one attached hydrogen (secondary N) is 1. The SMILES string of the molecule is CCN(CC)C(=O)/C(=C\c1ccc(-c2ccc(Br)cc2)o1)NC(=O)c1ccc(C)cc1. The first-order valence-electron chi connectivity index (χ1n) is 10.2. The van der Waals surface area contributed by atoms with Crippen molar-refractivity contribution in [1.29, 1.82) is 0 Å². The lowest BCUT2D eigenvalue weighted by Gasteiger charge is -2.20. The third-order valence-electron chi connectivity index (χ3n) is 4.89. The van der Waals surface area contributed by atoms with E-state index in [9.17, 15) is 9.59 Å². The molecule has 31 heavy (non-hydrogen) atoms. The number of likely N-dealkylation sites (N-methyl/N-ethyl adjacent to an activating group) is 1. The van der Waals surface area contributed by atoms with Crippen molar-refractivity contribution in [3.63, 3.8) is 0 Å². The van der Waals surface area contributed by atoms with Gasteiger partial charge in [-0.1, -0.05) is 45.8 Å². The van der Waals surface area contributed by atoms with Crippen molar-refractivity contribution in [1.82, 2.24) is 10.2 Å². The minimum absolute atomic E-state index is 0.172. The molecule has 2 amide bonds. The molecule has 6 heteroatoms. The molecule has 1 heterocycles. The molecule has 0 radical (unpaired) electrons. The highest BCUT2D eigenvalue weighted by atomic mass is 79.9. The minimum Gasteiger partial charge on any atom is -0.457 e. The fourth-order valence-corrected chi connectivity index (χ4v) is 3.34. The third kappa shape index (κ3) is 5.73. The highest BCUT2D eigenvalue weighted by Gasteiger charge is 2.19. The zero-order valence-electron chi connectivity index (χ0n) is 17.8. The van der Waals surface area contributed by atoms with E-state index in [1.54, 1.807) is 29.2 Å². The lowest BCUT2D eigenvalue weighted by atomic mass is 10.1. The molecule has 160 valence electrons. The van der Waals surface area contributed by atoms with Crippen molar-refractivity contribution < 1.29 is 14.0 Å². The molecule has 0 bridgehead atoms. The first kappa shape index (κ1) is 22.6. The Balaban J connectivity index is 1.91. The first-order chi connectivity index (χ1) is 14.9. The van der Waals surface area contributed by atoms with E-state index in [1.165, 1.54) is 0 Å². The van der Waals surface area contributed by atoms with Crippen LogP contribution in [0.1, 0.15) is 35.5 Å². The molecule has 0 aliphatic heterocycles. The topological polar surface area (TPSA) is 62.6 Å². The van der Waals surface area contributed by atoms with Gasteiger partial charge >= 0.3 is 0 Å². The Hall–Kier alpha value is -3.12. The normalized spacial score (nSPS) is 11.3. The Labute approximate surface area is 190 Å². The monoisotopic (exact) mass is 480 g/mol. The molecule has 3 rings (SSSR count). The Bertz CT molecular complexity index is 1080. The van der Waals surface area contributed by atoms with Crippen LogP contribution in [0.4, 0.5) is 0 Å². The Morgan fingerprint density at radius 3 is 2.23 bits per heavy atom. The van der Waals surface area contributed by atoms with Gasteiger partial charge in [0.1, 0.15) is 17.2 Å². The summed E-state index contributed by atoms with van der Waals surface area (Å²) in [5, 5.41) is 2.77. The number of halogens is 1. The fraction of sp³-hybridized carbons (Fsp3) is 0.200. The second-order valence-electron chi connectivity index (χ2n) is 7.06. The van der Waals surface area contributed by atoms with E-state index in [2.05, 4.69) is 21.2 Å². The van der Waals surface area contributed by atoms with Crippen LogP contribution >= 0.6 is 15.9 Å². The van der Waals surface area contributed by atoms with Crippen molar-refractivity contribution >= 4 is 33.8 Å². The van der Waals surface area contributed by atoms with Gasteiger partial charge in [0.15, 0.2) is 0 Å². The molecule has 3 aromatic rings. The molecule has 0 unspecified atom stereocenters. The van der Waals surface area contributed by atoms with Gasteiger partial charge in [-0.3, -0.25) is 9.59 Å². The summed E-state index contributed by atoms with van der Waals surface area (Å²) in [6.07, 6.45) is 1.58. The van der Waals surface area contributed by atoms with Crippen LogP contribution in [0, 0.1) is 6.92 Å². The standard InChI is InChI=1S/C25H25BrN2O3/c1-4-28(5-2)25(30)22(27-24(29)19-8-6-17(3)7-9-19)16-21-14-15-23(31-21)18-10-12-20(26)13-11-18/h6-16H,4-5H2,1-3H3,(H,27,29)/b22-16+. The number of amides is 2. The average Bonchev–Trinajstić information content (AvgIpc) is 3.23. The molecule has 0 aliphatic rings. The van der Waals surface area contributed by atoms with Gasteiger partial charge in [-0.15, -0.1) is 0 Å². The first-order valence-corrected chi connectivity index (χ1v) is 10.9. The number of carbonyl (C=O) groups excluding carboxylic acids is 2. The summed E-state index contributed by atoms with van der Waals surface area (Å²) < 4.78 is 6.91. The summed E-state index contributed by atoms with van der Waals surface area (Å²) in [5.41, 5.74) is 2.63. The number of furan rings is 1. The van der Waals surface area contributed by atoms with Crippen molar-refractivity contribution in [2.75, 3.05) is 13.1 Å². The third-order valence-corrected chi connectivity index (χ3v) is 5.41. The van der Waals surface area contributed by atoms with Gasteiger partial charge in [-0.2, -0.15) is 0 Å². The zero-order chi connectivity index (χ0) is 22.4. The molecule has 0 spiro atoms. The van der Waals surface area contributed by atoms with E-state index in [0.717, 1.165) is 15.6 Å². The lowest BCUT2D eigenvalue weighted by molar-refractivity contribution is -0.127.